The lowest BCUT2D eigenvalue weighted by atomic mass is 9.99. The zero-order chi connectivity index (χ0) is 21.3. The van der Waals surface area contributed by atoms with Crippen LogP contribution in [0.3, 0.4) is 0 Å². The molecule has 1 aromatic carbocycles. The number of carbonyl (C=O) groups is 1. The fraction of sp³-hybridized carbons (Fsp3) is 0.619. The number of nitrogens with one attached hydrogen (secondary N) is 2. The largest absolute Gasteiger partial charge is 0.444 e. The molecule has 8 heteroatoms. The van der Waals surface area contributed by atoms with Gasteiger partial charge in [-0.1, -0.05) is 38.1 Å². The number of methoxy groups -OCH3 is 1. The molecule has 2 unspecified atom stereocenters. The zero-order valence-electron chi connectivity index (χ0n) is 18.6. The second-order valence-electron chi connectivity index (χ2n) is 8.25. The van der Waals surface area contributed by atoms with E-state index in [2.05, 4.69) is 41.6 Å². The first-order chi connectivity index (χ1) is 13.0. The van der Waals surface area contributed by atoms with Crippen LogP contribution in [0.15, 0.2) is 29.3 Å². The van der Waals surface area contributed by atoms with Gasteiger partial charge >= 0.3 is 6.09 Å². The minimum atomic E-state index is -0.574. The molecule has 1 aromatic rings. The highest BCUT2D eigenvalue weighted by Crippen LogP contribution is 2.20. The van der Waals surface area contributed by atoms with Gasteiger partial charge in [-0.2, -0.15) is 0 Å². The normalized spacial score (nSPS) is 14.0. The fourth-order valence-corrected chi connectivity index (χ4v) is 2.58. The highest BCUT2D eigenvalue weighted by Gasteiger charge is 2.21. The Morgan fingerprint density at radius 3 is 2.14 bits per heavy atom. The van der Waals surface area contributed by atoms with Crippen LogP contribution in [0.2, 0.25) is 0 Å². The Labute approximate surface area is 192 Å². The van der Waals surface area contributed by atoms with E-state index in [9.17, 15) is 4.79 Å². The number of nitrogens with zero attached hydrogens (tertiary/aromatic N) is 1. The Bertz CT molecular complexity index is 642. The molecule has 166 valence electrons. The van der Waals surface area contributed by atoms with Crippen molar-refractivity contribution >= 4 is 36.0 Å². The van der Waals surface area contributed by atoms with Gasteiger partial charge in [0, 0.05) is 13.2 Å². The van der Waals surface area contributed by atoms with Gasteiger partial charge in [-0.05, 0) is 44.7 Å². The molecular formula is C21H37IN4O3. The topological polar surface area (TPSA) is 98.0 Å². The maximum atomic E-state index is 12.3. The van der Waals surface area contributed by atoms with Crippen molar-refractivity contribution in [2.24, 2.45) is 10.7 Å². The van der Waals surface area contributed by atoms with Crippen LogP contribution in [0.5, 0.6) is 0 Å². The molecule has 1 amide bonds. The maximum Gasteiger partial charge on any atom is 0.408 e. The summed E-state index contributed by atoms with van der Waals surface area (Å²) in [6, 6.07) is 7.82. The molecule has 4 N–H and O–H groups in total. The standard InChI is InChI=1S/C21H36N4O3.HI/c1-14(2)16-8-10-17(11-9-16)18(25-20(26)28-21(4,5)6)12-23-19(22)24-15(3)13-27-7;/h8-11,14-15,18H,12-13H2,1-7H3,(H,25,26)(H3,22,23,24);1H. The van der Waals surface area contributed by atoms with Gasteiger partial charge in [0.05, 0.1) is 19.2 Å². The van der Waals surface area contributed by atoms with Crippen LogP contribution in [0.25, 0.3) is 0 Å². The summed E-state index contributed by atoms with van der Waals surface area (Å²) in [6.07, 6.45) is -0.486. The van der Waals surface area contributed by atoms with Crippen LogP contribution in [0, 0.1) is 0 Å². The van der Waals surface area contributed by atoms with Gasteiger partial charge in [-0.15, -0.1) is 24.0 Å². The summed E-state index contributed by atoms with van der Waals surface area (Å²) in [6.45, 7) is 12.5. The second kappa shape index (κ2) is 12.9. The number of nitrogens with two attached hydrogens (primary N) is 1. The number of alkyl carbamates (subject to hydrolysis) is 1. The van der Waals surface area contributed by atoms with Crippen LogP contribution in [0.4, 0.5) is 4.79 Å². The molecular weight excluding hydrogens is 483 g/mol. The summed E-state index contributed by atoms with van der Waals surface area (Å²) in [4.78, 5) is 16.7. The van der Waals surface area contributed by atoms with Gasteiger partial charge in [0.2, 0.25) is 0 Å². The van der Waals surface area contributed by atoms with Gasteiger partial charge in [0.25, 0.3) is 0 Å². The lowest BCUT2D eigenvalue weighted by Crippen LogP contribution is -2.41. The van der Waals surface area contributed by atoms with Crippen LogP contribution in [-0.2, 0) is 9.47 Å². The van der Waals surface area contributed by atoms with Gasteiger partial charge in [-0.3, -0.25) is 4.99 Å². The predicted octanol–water partition coefficient (Wildman–Crippen LogP) is 3.93. The molecule has 0 aliphatic rings. The number of carbonyl (C=O) groups excluding carboxylic acids is 1. The number of aliphatic imine (C=N–C) groups is 1. The summed E-state index contributed by atoms with van der Waals surface area (Å²) >= 11 is 0. The molecule has 0 heterocycles. The molecule has 0 spiro atoms. The number of hydrogen-bond donors (Lipinski definition) is 3. The van der Waals surface area contributed by atoms with Gasteiger partial charge in [0.15, 0.2) is 5.96 Å². The lowest BCUT2D eigenvalue weighted by molar-refractivity contribution is 0.0505. The Kier molecular flexibility index (Phi) is 12.2. The Morgan fingerprint density at radius 1 is 1.10 bits per heavy atom. The molecule has 0 aliphatic heterocycles. The van der Waals surface area contributed by atoms with Crippen molar-refractivity contribution in [2.75, 3.05) is 20.3 Å². The number of hydrogen-bond acceptors (Lipinski definition) is 4. The van der Waals surface area contributed by atoms with E-state index in [4.69, 9.17) is 15.2 Å². The Balaban J connectivity index is 0.00000784. The fourth-order valence-electron chi connectivity index (χ4n) is 2.58. The Morgan fingerprint density at radius 2 is 1.66 bits per heavy atom. The average Bonchev–Trinajstić information content (AvgIpc) is 2.57. The van der Waals surface area contributed by atoms with Crippen molar-refractivity contribution in [3.8, 4) is 0 Å². The van der Waals surface area contributed by atoms with E-state index in [1.54, 1.807) is 7.11 Å². The molecule has 0 saturated carbocycles. The molecule has 0 radical (unpaired) electrons. The number of halogens is 1. The molecule has 29 heavy (non-hydrogen) atoms. The Hall–Kier alpha value is -1.55. The molecule has 1 rings (SSSR count). The maximum absolute atomic E-state index is 12.3. The van der Waals surface area contributed by atoms with Crippen LogP contribution in [-0.4, -0.2) is 44.0 Å². The third-order valence-corrected chi connectivity index (χ3v) is 3.95. The van der Waals surface area contributed by atoms with E-state index >= 15 is 0 Å². The van der Waals surface area contributed by atoms with Gasteiger partial charge in [0.1, 0.15) is 5.60 Å². The predicted molar refractivity (Wildman–Crippen MR) is 129 cm³/mol. The molecule has 7 nitrogen and oxygen atoms in total. The average molecular weight is 520 g/mol. The molecule has 0 fully saturated rings. The molecule has 0 aromatic heterocycles. The summed E-state index contributed by atoms with van der Waals surface area (Å²) in [5.74, 6) is 0.741. The monoisotopic (exact) mass is 520 g/mol. The quantitative estimate of drug-likeness (QED) is 0.274. The van der Waals surface area contributed by atoms with Crippen molar-refractivity contribution in [1.29, 1.82) is 0 Å². The van der Waals surface area contributed by atoms with Crippen LogP contribution in [0.1, 0.15) is 64.6 Å². The van der Waals surface area contributed by atoms with E-state index in [0.29, 0.717) is 25.0 Å². The van der Waals surface area contributed by atoms with E-state index in [1.807, 2.05) is 39.8 Å². The minimum Gasteiger partial charge on any atom is -0.444 e. The van der Waals surface area contributed by atoms with Crippen LogP contribution < -0.4 is 16.4 Å². The van der Waals surface area contributed by atoms with Gasteiger partial charge < -0.3 is 25.8 Å². The molecule has 0 bridgehead atoms. The van der Waals surface area contributed by atoms with Crippen molar-refractivity contribution in [3.05, 3.63) is 35.4 Å². The van der Waals surface area contributed by atoms with Crippen molar-refractivity contribution < 1.29 is 14.3 Å². The van der Waals surface area contributed by atoms with E-state index in [1.165, 1.54) is 5.56 Å². The summed E-state index contributed by atoms with van der Waals surface area (Å²) in [7, 11) is 1.63. The number of rotatable bonds is 8. The first-order valence-corrected chi connectivity index (χ1v) is 9.66. The molecule has 0 aliphatic carbocycles. The van der Waals surface area contributed by atoms with Crippen LogP contribution >= 0.6 is 24.0 Å². The van der Waals surface area contributed by atoms with E-state index in [0.717, 1.165) is 5.56 Å². The number of ether oxygens (including phenoxy) is 2. The van der Waals surface area contributed by atoms with Crippen molar-refractivity contribution in [3.63, 3.8) is 0 Å². The first-order valence-electron chi connectivity index (χ1n) is 9.66. The highest BCUT2D eigenvalue weighted by molar-refractivity contribution is 14.0. The number of benzene rings is 1. The number of amides is 1. The second-order valence-corrected chi connectivity index (χ2v) is 8.25. The number of guanidine groups is 1. The third kappa shape index (κ3) is 11.3. The summed E-state index contributed by atoms with van der Waals surface area (Å²) in [5, 5.41) is 5.96. The zero-order valence-corrected chi connectivity index (χ0v) is 20.9. The smallest absolute Gasteiger partial charge is 0.408 e. The van der Waals surface area contributed by atoms with Gasteiger partial charge in [-0.25, -0.2) is 4.79 Å². The summed E-state index contributed by atoms with van der Waals surface area (Å²) in [5.41, 5.74) is 7.57. The summed E-state index contributed by atoms with van der Waals surface area (Å²) < 4.78 is 10.5. The SMILES string of the molecule is COCC(C)NC(N)=NCC(NC(=O)OC(C)(C)C)c1ccc(C(C)C)cc1.I. The van der Waals surface area contributed by atoms with E-state index < -0.39 is 11.7 Å². The third-order valence-electron chi connectivity index (χ3n) is 3.95. The van der Waals surface area contributed by atoms with E-state index in [-0.39, 0.29) is 36.1 Å². The van der Waals surface area contributed by atoms with Crippen molar-refractivity contribution in [1.82, 2.24) is 10.6 Å². The molecule has 0 saturated heterocycles. The first kappa shape index (κ1) is 27.5. The van der Waals surface area contributed by atoms with Crippen molar-refractivity contribution in [2.45, 2.75) is 65.1 Å². The highest BCUT2D eigenvalue weighted by atomic mass is 127. The lowest BCUT2D eigenvalue weighted by Gasteiger charge is -2.23. The molecule has 2 atom stereocenters. The minimum absolute atomic E-state index is 0.